The number of aliphatic hydroxyl groups is 1. The molecule has 0 bridgehead atoms. The van der Waals surface area contributed by atoms with Crippen molar-refractivity contribution in [3.63, 3.8) is 0 Å². The van der Waals surface area contributed by atoms with E-state index in [-0.39, 0.29) is 12.5 Å². The summed E-state index contributed by atoms with van der Waals surface area (Å²) in [5.41, 5.74) is 0. The second kappa shape index (κ2) is 11.0. The molecule has 0 heterocycles. The van der Waals surface area contributed by atoms with Crippen LogP contribution in [0, 0.1) is 11.8 Å². The molecule has 4 nitrogen and oxygen atoms in total. The molecule has 20 heavy (non-hydrogen) atoms. The molecule has 1 rings (SSSR count). The molecule has 1 unspecified atom stereocenters. The van der Waals surface area contributed by atoms with Crippen molar-refractivity contribution in [2.75, 3.05) is 26.2 Å². The first kappa shape index (κ1) is 17.3. The number of hydrogen-bond acceptors (Lipinski definition) is 2. The number of hydrogen-bond donors (Lipinski definition) is 3. The van der Waals surface area contributed by atoms with Crippen LogP contribution >= 0.6 is 0 Å². The second-order valence-corrected chi connectivity index (χ2v) is 6.08. The van der Waals surface area contributed by atoms with Gasteiger partial charge in [-0.3, -0.25) is 4.99 Å². The maximum absolute atomic E-state index is 9.03. The van der Waals surface area contributed by atoms with Gasteiger partial charge in [-0.1, -0.05) is 39.0 Å². The zero-order valence-corrected chi connectivity index (χ0v) is 13.3. The van der Waals surface area contributed by atoms with Crippen LogP contribution in [0.1, 0.15) is 58.8 Å². The lowest BCUT2D eigenvalue weighted by atomic mass is 9.86. The molecular weight excluding hydrogens is 250 g/mol. The molecule has 1 aliphatic carbocycles. The van der Waals surface area contributed by atoms with E-state index in [9.17, 15) is 0 Å². The normalized spacial score (nSPS) is 18.9. The molecular formula is C16H33N3O. The quantitative estimate of drug-likeness (QED) is 0.364. The molecule has 0 aromatic carbocycles. The Morgan fingerprint density at radius 2 is 2.00 bits per heavy atom. The average Bonchev–Trinajstić information content (AvgIpc) is 2.49. The van der Waals surface area contributed by atoms with Crippen LogP contribution in [0.4, 0.5) is 0 Å². The third-order valence-electron chi connectivity index (χ3n) is 4.02. The maximum atomic E-state index is 9.03. The standard InChI is InChI=1S/C16H33N3O/c1-3-17-16(19-12-14(2)13-20)18-11-7-10-15-8-5-4-6-9-15/h14-15,20H,3-13H2,1-2H3,(H2,17,18,19). The van der Waals surface area contributed by atoms with Crippen molar-refractivity contribution in [1.82, 2.24) is 10.6 Å². The van der Waals surface area contributed by atoms with E-state index in [1.54, 1.807) is 0 Å². The first-order valence-corrected chi connectivity index (χ1v) is 8.39. The Bertz CT molecular complexity index is 262. The Morgan fingerprint density at radius 3 is 2.65 bits per heavy atom. The summed E-state index contributed by atoms with van der Waals surface area (Å²) >= 11 is 0. The maximum Gasteiger partial charge on any atom is 0.191 e. The molecule has 0 aromatic heterocycles. The summed E-state index contributed by atoms with van der Waals surface area (Å²) in [5, 5.41) is 15.7. The van der Waals surface area contributed by atoms with Crippen LogP contribution in [-0.4, -0.2) is 37.3 Å². The summed E-state index contributed by atoms with van der Waals surface area (Å²) in [7, 11) is 0. The summed E-state index contributed by atoms with van der Waals surface area (Å²) in [4.78, 5) is 4.50. The van der Waals surface area contributed by atoms with Gasteiger partial charge in [0.1, 0.15) is 0 Å². The molecule has 1 aliphatic rings. The lowest BCUT2D eigenvalue weighted by Gasteiger charge is -2.21. The molecule has 0 saturated heterocycles. The summed E-state index contributed by atoms with van der Waals surface area (Å²) in [6, 6.07) is 0. The highest BCUT2D eigenvalue weighted by molar-refractivity contribution is 5.79. The molecule has 1 fully saturated rings. The molecule has 3 N–H and O–H groups in total. The molecule has 0 spiro atoms. The van der Waals surface area contributed by atoms with Gasteiger partial charge in [-0.05, 0) is 31.6 Å². The van der Waals surface area contributed by atoms with Gasteiger partial charge in [-0.15, -0.1) is 0 Å². The Balaban J connectivity index is 2.17. The third-order valence-corrected chi connectivity index (χ3v) is 4.02. The van der Waals surface area contributed by atoms with Gasteiger partial charge in [0.2, 0.25) is 0 Å². The Hall–Kier alpha value is -0.770. The second-order valence-electron chi connectivity index (χ2n) is 6.08. The van der Waals surface area contributed by atoms with Gasteiger partial charge >= 0.3 is 0 Å². The third kappa shape index (κ3) is 7.73. The summed E-state index contributed by atoms with van der Waals surface area (Å²) in [5.74, 6) is 2.07. The topological polar surface area (TPSA) is 56.7 Å². The van der Waals surface area contributed by atoms with Crippen molar-refractivity contribution in [3.05, 3.63) is 0 Å². The van der Waals surface area contributed by atoms with Crippen LogP contribution in [0.15, 0.2) is 4.99 Å². The van der Waals surface area contributed by atoms with Crippen molar-refractivity contribution < 1.29 is 5.11 Å². The van der Waals surface area contributed by atoms with Crippen LogP contribution in [0.25, 0.3) is 0 Å². The van der Waals surface area contributed by atoms with Gasteiger partial charge < -0.3 is 15.7 Å². The smallest absolute Gasteiger partial charge is 0.191 e. The lowest BCUT2D eigenvalue weighted by Crippen LogP contribution is -2.38. The van der Waals surface area contributed by atoms with E-state index in [4.69, 9.17) is 5.11 Å². The molecule has 118 valence electrons. The zero-order valence-electron chi connectivity index (χ0n) is 13.3. The first-order valence-electron chi connectivity index (χ1n) is 8.39. The van der Waals surface area contributed by atoms with E-state index < -0.39 is 0 Å². The van der Waals surface area contributed by atoms with Gasteiger partial charge in [0.25, 0.3) is 0 Å². The minimum absolute atomic E-state index is 0.199. The molecule has 4 heteroatoms. The number of nitrogens with zero attached hydrogens (tertiary/aromatic N) is 1. The first-order chi connectivity index (χ1) is 9.76. The largest absolute Gasteiger partial charge is 0.396 e. The van der Waals surface area contributed by atoms with E-state index in [0.717, 1.165) is 25.0 Å². The number of rotatable bonds is 8. The fourth-order valence-electron chi connectivity index (χ4n) is 2.72. The summed E-state index contributed by atoms with van der Waals surface area (Å²) in [6.45, 7) is 6.84. The fraction of sp³-hybridized carbons (Fsp3) is 0.938. The van der Waals surface area contributed by atoms with Crippen molar-refractivity contribution in [3.8, 4) is 0 Å². The van der Waals surface area contributed by atoms with Crippen molar-refractivity contribution in [2.45, 2.75) is 58.8 Å². The van der Waals surface area contributed by atoms with Crippen molar-refractivity contribution in [2.24, 2.45) is 16.8 Å². The lowest BCUT2D eigenvalue weighted by molar-refractivity contribution is 0.241. The fourth-order valence-corrected chi connectivity index (χ4v) is 2.72. The summed E-state index contributed by atoms with van der Waals surface area (Å²) < 4.78 is 0. The van der Waals surface area contributed by atoms with E-state index in [0.29, 0.717) is 6.54 Å². The predicted octanol–water partition coefficient (Wildman–Crippen LogP) is 2.53. The van der Waals surface area contributed by atoms with Crippen LogP contribution in [-0.2, 0) is 0 Å². The van der Waals surface area contributed by atoms with Crippen molar-refractivity contribution in [1.29, 1.82) is 0 Å². The molecule has 1 saturated carbocycles. The highest BCUT2D eigenvalue weighted by Gasteiger charge is 2.12. The van der Waals surface area contributed by atoms with E-state index >= 15 is 0 Å². The van der Waals surface area contributed by atoms with Gasteiger partial charge in [-0.2, -0.15) is 0 Å². The van der Waals surface area contributed by atoms with Crippen molar-refractivity contribution >= 4 is 5.96 Å². The van der Waals surface area contributed by atoms with Gasteiger partial charge in [0, 0.05) is 26.2 Å². The molecule has 0 amide bonds. The monoisotopic (exact) mass is 283 g/mol. The van der Waals surface area contributed by atoms with E-state index in [1.807, 2.05) is 6.92 Å². The highest BCUT2D eigenvalue weighted by atomic mass is 16.3. The molecule has 1 atom stereocenters. The van der Waals surface area contributed by atoms with Gasteiger partial charge in [-0.25, -0.2) is 0 Å². The van der Waals surface area contributed by atoms with E-state index in [2.05, 4.69) is 22.5 Å². The Labute approximate surface area is 124 Å². The Morgan fingerprint density at radius 1 is 1.25 bits per heavy atom. The zero-order chi connectivity index (χ0) is 14.6. The van der Waals surface area contributed by atoms with E-state index in [1.165, 1.54) is 44.9 Å². The van der Waals surface area contributed by atoms with Gasteiger partial charge in [0.15, 0.2) is 5.96 Å². The predicted molar refractivity (Wildman–Crippen MR) is 86.0 cm³/mol. The Kier molecular flexibility index (Phi) is 9.46. The van der Waals surface area contributed by atoms with Crippen LogP contribution in [0.3, 0.4) is 0 Å². The van der Waals surface area contributed by atoms with Crippen LogP contribution < -0.4 is 10.6 Å². The summed E-state index contributed by atoms with van der Waals surface area (Å²) in [6.07, 6.45) is 9.74. The molecule has 0 aliphatic heterocycles. The SMILES string of the molecule is CCNC(=NCC(C)CO)NCCCC1CCCCC1. The highest BCUT2D eigenvalue weighted by Crippen LogP contribution is 2.26. The van der Waals surface area contributed by atoms with Gasteiger partial charge in [0.05, 0.1) is 0 Å². The number of aliphatic imine (C=N–C) groups is 1. The van der Waals surface area contributed by atoms with Crippen LogP contribution in [0.5, 0.6) is 0 Å². The minimum Gasteiger partial charge on any atom is -0.396 e. The number of guanidine groups is 1. The van der Waals surface area contributed by atoms with Crippen LogP contribution in [0.2, 0.25) is 0 Å². The number of aliphatic hydroxyl groups excluding tert-OH is 1. The molecule has 0 aromatic rings. The average molecular weight is 283 g/mol. The minimum atomic E-state index is 0.199. The number of nitrogens with one attached hydrogen (secondary N) is 2. The molecule has 0 radical (unpaired) electrons.